The summed E-state index contributed by atoms with van der Waals surface area (Å²) in [6.07, 6.45) is 5.12. The number of nitrogens with one attached hydrogen (secondary N) is 1. The zero-order valence-electron chi connectivity index (χ0n) is 19.1. The number of hydrogen-bond acceptors (Lipinski definition) is 8. The first kappa shape index (κ1) is 21.6. The molecule has 1 aromatic carbocycles. The molecule has 0 spiro atoms. The molecule has 0 amide bonds. The van der Waals surface area contributed by atoms with Gasteiger partial charge in [0.2, 0.25) is 11.8 Å². The lowest BCUT2D eigenvalue weighted by Crippen LogP contribution is -2.36. The monoisotopic (exact) mass is 451 g/mol. The van der Waals surface area contributed by atoms with Crippen LogP contribution in [-0.4, -0.2) is 65.2 Å². The van der Waals surface area contributed by atoms with Crippen molar-refractivity contribution in [2.24, 2.45) is 0 Å². The van der Waals surface area contributed by atoms with Gasteiger partial charge < -0.3 is 20.3 Å². The molecule has 3 aromatic heterocycles. The normalized spacial score (nSPS) is 22.0. The van der Waals surface area contributed by atoms with Gasteiger partial charge in [0, 0.05) is 17.8 Å². The Morgan fingerprint density at radius 2 is 2.06 bits per heavy atom. The lowest BCUT2D eigenvalue weighted by atomic mass is 9.84. The topological polar surface area (TPSA) is 123 Å². The fraction of sp³-hybridized carbons (Fsp3) is 0.478. The molecule has 0 aliphatic heterocycles. The van der Waals surface area contributed by atoms with Crippen molar-refractivity contribution in [3.05, 3.63) is 30.5 Å². The van der Waals surface area contributed by atoms with Crippen LogP contribution in [0.15, 0.2) is 30.5 Å². The fourth-order valence-corrected chi connectivity index (χ4v) is 4.50. The predicted octanol–water partition coefficient (Wildman–Crippen LogP) is 2.81. The second kappa shape index (κ2) is 8.27. The molecule has 174 valence electrons. The van der Waals surface area contributed by atoms with Gasteiger partial charge in [-0.15, -0.1) is 10.2 Å². The lowest BCUT2D eigenvalue weighted by molar-refractivity contribution is 0.0195. The molecule has 1 aliphatic rings. The number of hydrogen-bond donors (Lipinski definition) is 3. The number of ether oxygens (including phenoxy) is 1. The molecule has 0 unspecified atom stereocenters. The van der Waals surface area contributed by atoms with Gasteiger partial charge in [-0.25, -0.2) is 9.20 Å². The van der Waals surface area contributed by atoms with Gasteiger partial charge in [0.25, 0.3) is 0 Å². The van der Waals surface area contributed by atoms with Crippen LogP contribution in [0, 0.1) is 0 Å². The number of fused-ring (bicyclic) bond motifs is 2. The summed E-state index contributed by atoms with van der Waals surface area (Å²) >= 11 is 0. The summed E-state index contributed by atoms with van der Waals surface area (Å²) in [5, 5.41) is 36.2. The van der Waals surface area contributed by atoms with E-state index >= 15 is 0 Å². The highest BCUT2D eigenvalue weighted by Crippen LogP contribution is 2.34. The first-order chi connectivity index (χ1) is 15.9. The Labute approximate surface area is 191 Å². The summed E-state index contributed by atoms with van der Waals surface area (Å²) in [7, 11) is 1.60. The number of aromatic nitrogens is 6. The van der Waals surface area contributed by atoms with Crippen LogP contribution in [0.2, 0.25) is 0 Å². The zero-order chi connectivity index (χ0) is 23.2. The number of nitrogens with zero attached hydrogens (tertiary/aromatic N) is 6. The second-order valence-electron chi connectivity index (χ2n) is 9.15. The quantitative estimate of drug-likeness (QED) is 0.409. The highest BCUT2D eigenvalue weighted by molar-refractivity contribution is 5.89. The molecule has 3 heterocycles. The van der Waals surface area contributed by atoms with Gasteiger partial charge in [-0.3, -0.25) is 0 Å². The Balaban J connectivity index is 1.50. The van der Waals surface area contributed by atoms with Crippen LogP contribution in [0.5, 0.6) is 5.88 Å². The van der Waals surface area contributed by atoms with Crippen LogP contribution in [-0.2, 0) is 0 Å². The molecule has 33 heavy (non-hydrogen) atoms. The average Bonchev–Trinajstić information content (AvgIpc) is 3.43. The van der Waals surface area contributed by atoms with Crippen LogP contribution in [0.1, 0.15) is 45.6 Å². The third kappa shape index (κ3) is 4.00. The van der Waals surface area contributed by atoms with Gasteiger partial charge in [0.15, 0.2) is 0 Å². The standard InChI is InChI=1S/C23H29N7O3/c1-14(13-31)30-19-12-15(4-5-18(19)26-28-30)17-8-11-29-20(17)21(33-3)25-22(27-29)24-16-6-9-23(2,32)10-7-16/h4-5,8,11-12,14,16,31-32H,6-7,9-10,13H2,1-3H3,(H,24,27)/t14-,16?,23?/m1/s1. The molecule has 0 saturated heterocycles. The first-order valence-electron chi connectivity index (χ1n) is 11.3. The molecule has 1 aliphatic carbocycles. The molecular formula is C23H29N7O3. The van der Waals surface area contributed by atoms with Gasteiger partial charge in [-0.2, -0.15) is 4.98 Å². The van der Waals surface area contributed by atoms with Crippen molar-refractivity contribution in [1.82, 2.24) is 29.6 Å². The maximum atomic E-state index is 10.2. The van der Waals surface area contributed by atoms with Gasteiger partial charge in [0.1, 0.15) is 11.0 Å². The van der Waals surface area contributed by atoms with E-state index in [-0.39, 0.29) is 18.7 Å². The summed E-state index contributed by atoms with van der Waals surface area (Å²) in [6.45, 7) is 3.77. The van der Waals surface area contributed by atoms with Crippen LogP contribution < -0.4 is 10.1 Å². The van der Waals surface area contributed by atoms with E-state index in [2.05, 4.69) is 25.7 Å². The molecule has 0 bridgehead atoms. The number of anilines is 1. The van der Waals surface area contributed by atoms with Crippen molar-refractivity contribution < 1.29 is 14.9 Å². The molecule has 4 aromatic rings. The van der Waals surface area contributed by atoms with Gasteiger partial charge in [-0.1, -0.05) is 11.3 Å². The van der Waals surface area contributed by atoms with Crippen molar-refractivity contribution in [2.45, 2.75) is 57.2 Å². The molecule has 1 saturated carbocycles. The minimum Gasteiger partial charge on any atom is -0.479 e. The number of aliphatic hydroxyl groups is 2. The minimum absolute atomic E-state index is 0.0200. The van der Waals surface area contributed by atoms with Gasteiger partial charge in [0.05, 0.1) is 30.9 Å². The van der Waals surface area contributed by atoms with Crippen LogP contribution >= 0.6 is 0 Å². The average molecular weight is 452 g/mol. The number of benzene rings is 1. The van der Waals surface area contributed by atoms with Crippen molar-refractivity contribution in [2.75, 3.05) is 19.0 Å². The third-order valence-electron chi connectivity index (χ3n) is 6.53. The molecule has 1 fully saturated rings. The maximum absolute atomic E-state index is 10.2. The Hall–Kier alpha value is -3.24. The molecule has 1 atom stereocenters. The van der Waals surface area contributed by atoms with Crippen molar-refractivity contribution >= 4 is 22.5 Å². The number of rotatable bonds is 6. The largest absolute Gasteiger partial charge is 0.479 e. The van der Waals surface area contributed by atoms with E-state index < -0.39 is 5.60 Å². The lowest BCUT2D eigenvalue weighted by Gasteiger charge is -2.33. The Kier molecular flexibility index (Phi) is 5.41. The third-order valence-corrected chi connectivity index (χ3v) is 6.53. The fourth-order valence-electron chi connectivity index (χ4n) is 4.50. The van der Waals surface area contributed by atoms with E-state index in [0.717, 1.165) is 53.4 Å². The minimum atomic E-state index is -0.586. The summed E-state index contributed by atoms with van der Waals surface area (Å²) < 4.78 is 9.15. The predicted molar refractivity (Wildman–Crippen MR) is 124 cm³/mol. The van der Waals surface area contributed by atoms with E-state index in [0.29, 0.717) is 11.8 Å². The van der Waals surface area contributed by atoms with Crippen LogP contribution in [0.3, 0.4) is 0 Å². The maximum Gasteiger partial charge on any atom is 0.244 e. The van der Waals surface area contributed by atoms with Crippen molar-refractivity contribution in [3.8, 4) is 17.0 Å². The number of methoxy groups -OCH3 is 1. The van der Waals surface area contributed by atoms with E-state index in [1.165, 1.54) is 0 Å². The Morgan fingerprint density at radius 1 is 1.27 bits per heavy atom. The second-order valence-corrected chi connectivity index (χ2v) is 9.15. The molecule has 3 N–H and O–H groups in total. The van der Waals surface area contributed by atoms with E-state index in [9.17, 15) is 10.2 Å². The molecular weight excluding hydrogens is 422 g/mol. The molecule has 10 heteroatoms. The first-order valence-corrected chi connectivity index (χ1v) is 11.3. The van der Waals surface area contributed by atoms with Crippen molar-refractivity contribution in [1.29, 1.82) is 0 Å². The summed E-state index contributed by atoms with van der Waals surface area (Å²) in [4.78, 5) is 4.63. The smallest absolute Gasteiger partial charge is 0.244 e. The summed E-state index contributed by atoms with van der Waals surface area (Å²) in [5.74, 6) is 0.980. The van der Waals surface area contributed by atoms with Crippen LogP contribution in [0.4, 0.5) is 5.95 Å². The van der Waals surface area contributed by atoms with Gasteiger partial charge >= 0.3 is 0 Å². The van der Waals surface area contributed by atoms with E-state index in [1.54, 1.807) is 16.3 Å². The molecule has 10 nitrogen and oxygen atoms in total. The molecule has 0 radical (unpaired) electrons. The molecule has 5 rings (SSSR count). The highest BCUT2D eigenvalue weighted by Gasteiger charge is 2.29. The van der Waals surface area contributed by atoms with Gasteiger partial charge in [-0.05, 0) is 63.3 Å². The van der Waals surface area contributed by atoms with Crippen LogP contribution in [0.25, 0.3) is 27.7 Å². The Bertz CT molecular complexity index is 1290. The summed E-state index contributed by atoms with van der Waals surface area (Å²) in [5.41, 5.74) is 3.68. The zero-order valence-corrected chi connectivity index (χ0v) is 19.1. The SMILES string of the molecule is COc1nc(NC2CCC(C)(O)CC2)nn2ccc(-c3ccc4nnn([C@H](C)CO)c4c3)c12. The van der Waals surface area contributed by atoms with Crippen molar-refractivity contribution in [3.63, 3.8) is 0 Å². The van der Waals surface area contributed by atoms with E-state index in [4.69, 9.17) is 4.74 Å². The number of aliphatic hydroxyl groups excluding tert-OH is 1. The highest BCUT2D eigenvalue weighted by atomic mass is 16.5. The van der Waals surface area contributed by atoms with E-state index in [1.807, 2.05) is 44.3 Å². The summed E-state index contributed by atoms with van der Waals surface area (Å²) in [6, 6.07) is 7.94. The Morgan fingerprint density at radius 3 is 2.79 bits per heavy atom.